The van der Waals surface area contributed by atoms with Gasteiger partial charge in [-0.15, -0.1) is 5.10 Å². The quantitative estimate of drug-likeness (QED) is 0.464. The molecule has 4 rings (SSSR count). The van der Waals surface area contributed by atoms with Gasteiger partial charge < -0.3 is 4.74 Å². The molecule has 0 saturated heterocycles. The molecule has 2 aromatic heterocycles. The van der Waals surface area contributed by atoms with Gasteiger partial charge in [-0.2, -0.15) is 5.10 Å². The number of nitrogens with one attached hydrogen (secondary N) is 2. The Morgan fingerprint density at radius 2 is 2.03 bits per heavy atom. The summed E-state index contributed by atoms with van der Waals surface area (Å²) in [5.41, 5.74) is 2.64. The van der Waals surface area contributed by atoms with Gasteiger partial charge in [-0.3, -0.25) is 15.2 Å². The number of halogens is 2. The van der Waals surface area contributed by atoms with Crippen LogP contribution in [0.1, 0.15) is 16.1 Å². The summed E-state index contributed by atoms with van der Waals surface area (Å²) < 4.78 is 6.80. The maximum Gasteiger partial charge on any atom is 0.276 e. The number of amides is 1. The fourth-order valence-corrected chi connectivity index (χ4v) is 3.11. The van der Waals surface area contributed by atoms with E-state index in [1.54, 1.807) is 30.0 Å². The van der Waals surface area contributed by atoms with E-state index in [4.69, 9.17) is 27.9 Å². The SMILES string of the molecule is COc1cccc(-c2cc(C(=O)Nc3ncn(Cc4ccc(Cl)c(Cl)c4)n3)[nH]n2)c1. The second-order valence-corrected chi connectivity index (χ2v) is 7.18. The lowest BCUT2D eigenvalue weighted by Gasteiger charge is -2.03. The minimum absolute atomic E-state index is 0.178. The first kappa shape index (κ1) is 19.9. The Bertz CT molecular complexity index is 1200. The number of carbonyl (C=O) groups is 1. The van der Waals surface area contributed by atoms with Crippen molar-refractivity contribution in [2.45, 2.75) is 6.54 Å². The minimum atomic E-state index is -0.399. The highest BCUT2D eigenvalue weighted by Crippen LogP contribution is 2.24. The molecule has 30 heavy (non-hydrogen) atoms. The average Bonchev–Trinajstić information content (AvgIpc) is 3.41. The van der Waals surface area contributed by atoms with E-state index in [-0.39, 0.29) is 11.6 Å². The minimum Gasteiger partial charge on any atom is -0.497 e. The molecule has 0 unspecified atom stereocenters. The largest absolute Gasteiger partial charge is 0.497 e. The van der Waals surface area contributed by atoms with Crippen molar-refractivity contribution in [1.29, 1.82) is 0 Å². The molecule has 0 atom stereocenters. The monoisotopic (exact) mass is 442 g/mol. The molecule has 4 aromatic rings. The molecule has 10 heteroatoms. The summed E-state index contributed by atoms with van der Waals surface area (Å²) in [5, 5.41) is 14.8. The van der Waals surface area contributed by atoms with E-state index >= 15 is 0 Å². The number of carbonyl (C=O) groups excluding carboxylic acids is 1. The molecular weight excluding hydrogens is 427 g/mol. The van der Waals surface area contributed by atoms with E-state index in [9.17, 15) is 4.79 Å². The third-order valence-electron chi connectivity index (χ3n) is 4.28. The summed E-state index contributed by atoms with van der Waals surface area (Å²) in [4.78, 5) is 16.6. The summed E-state index contributed by atoms with van der Waals surface area (Å²) in [5.74, 6) is 0.486. The second kappa shape index (κ2) is 8.56. The van der Waals surface area contributed by atoms with E-state index in [2.05, 4.69) is 25.6 Å². The molecule has 0 bridgehead atoms. The molecule has 1 amide bonds. The zero-order valence-corrected chi connectivity index (χ0v) is 17.3. The number of nitrogens with zero attached hydrogens (tertiary/aromatic N) is 4. The Labute approximate surface area is 181 Å². The van der Waals surface area contributed by atoms with Crippen LogP contribution in [-0.2, 0) is 6.54 Å². The van der Waals surface area contributed by atoms with Gasteiger partial charge in [-0.25, -0.2) is 9.67 Å². The third-order valence-corrected chi connectivity index (χ3v) is 5.02. The number of aromatic amines is 1. The fourth-order valence-electron chi connectivity index (χ4n) is 2.79. The molecule has 8 nitrogen and oxygen atoms in total. The number of hydrogen-bond acceptors (Lipinski definition) is 5. The molecule has 152 valence electrons. The summed E-state index contributed by atoms with van der Waals surface area (Å²) in [6.07, 6.45) is 1.52. The normalized spacial score (nSPS) is 10.8. The van der Waals surface area contributed by atoms with Gasteiger partial charge in [0.1, 0.15) is 17.8 Å². The summed E-state index contributed by atoms with van der Waals surface area (Å²) in [7, 11) is 1.59. The van der Waals surface area contributed by atoms with E-state index in [1.807, 2.05) is 30.3 Å². The topological polar surface area (TPSA) is 97.7 Å². The van der Waals surface area contributed by atoms with Crippen molar-refractivity contribution < 1.29 is 9.53 Å². The van der Waals surface area contributed by atoms with Gasteiger partial charge in [-0.1, -0.05) is 41.4 Å². The van der Waals surface area contributed by atoms with Gasteiger partial charge in [-0.05, 0) is 35.9 Å². The first-order valence-electron chi connectivity index (χ1n) is 8.86. The van der Waals surface area contributed by atoms with Crippen LogP contribution in [0.25, 0.3) is 11.3 Å². The van der Waals surface area contributed by atoms with Crippen LogP contribution in [0, 0.1) is 0 Å². The smallest absolute Gasteiger partial charge is 0.276 e. The fraction of sp³-hybridized carbons (Fsp3) is 0.100. The lowest BCUT2D eigenvalue weighted by molar-refractivity contribution is 0.102. The van der Waals surface area contributed by atoms with Crippen molar-refractivity contribution in [1.82, 2.24) is 25.0 Å². The zero-order valence-electron chi connectivity index (χ0n) is 15.8. The van der Waals surface area contributed by atoms with Crippen molar-refractivity contribution >= 4 is 35.1 Å². The number of benzene rings is 2. The van der Waals surface area contributed by atoms with Crippen molar-refractivity contribution in [3.8, 4) is 17.0 Å². The number of ether oxygens (including phenoxy) is 1. The predicted molar refractivity (Wildman–Crippen MR) is 114 cm³/mol. The van der Waals surface area contributed by atoms with Crippen molar-refractivity contribution in [3.63, 3.8) is 0 Å². The number of H-pyrrole nitrogens is 1. The molecule has 0 fully saturated rings. The van der Waals surface area contributed by atoms with Crippen LogP contribution < -0.4 is 10.1 Å². The van der Waals surface area contributed by atoms with Gasteiger partial charge in [0.05, 0.1) is 29.4 Å². The summed E-state index contributed by atoms with van der Waals surface area (Å²) in [6, 6.07) is 14.4. The standard InChI is InChI=1S/C20H16Cl2N6O2/c1-30-14-4-2-3-13(8-14)17-9-18(26-25-17)19(29)24-20-23-11-28(27-20)10-12-5-6-15(21)16(22)7-12/h2-9,11H,10H2,1H3,(H,25,26)(H,24,27,29). The van der Waals surface area contributed by atoms with Crippen LogP contribution in [0.15, 0.2) is 54.9 Å². The van der Waals surface area contributed by atoms with Crippen LogP contribution in [0.2, 0.25) is 10.0 Å². The average molecular weight is 443 g/mol. The molecule has 0 saturated carbocycles. The Hall–Kier alpha value is -3.36. The molecule has 0 aliphatic carbocycles. The molecule has 0 radical (unpaired) electrons. The van der Waals surface area contributed by atoms with Gasteiger partial charge in [0, 0.05) is 5.56 Å². The molecule has 2 N–H and O–H groups in total. The molecule has 0 spiro atoms. The van der Waals surface area contributed by atoms with Gasteiger partial charge in [0.2, 0.25) is 5.95 Å². The number of rotatable bonds is 6. The Morgan fingerprint density at radius 1 is 1.17 bits per heavy atom. The Balaban J connectivity index is 1.43. The molecular formula is C20H16Cl2N6O2. The molecule has 2 heterocycles. The van der Waals surface area contributed by atoms with Crippen LogP contribution in [-0.4, -0.2) is 38.0 Å². The highest BCUT2D eigenvalue weighted by Gasteiger charge is 2.14. The lowest BCUT2D eigenvalue weighted by Crippen LogP contribution is -2.14. The second-order valence-electron chi connectivity index (χ2n) is 6.37. The predicted octanol–water partition coefficient (Wildman–Crippen LogP) is 4.28. The maximum absolute atomic E-state index is 12.5. The first-order valence-corrected chi connectivity index (χ1v) is 9.62. The van der Waals surface area contributed by atoms with E-state index in [0.29, 0.717) is 28.0 Å². The maximum atomic E-state index is 12.5. The number of anilines is 1. The van der Waals surface area contributed by atoms with Gasteiger partial charge in [0.15, 0.2) is 0 Å². The number of methoxy groups -OCH3 is 1. The highest BCUT2D eigenvalue weighted by molar-refractivity contribution is 6.42. The molecule has 0 aliphatic heterocycles. The Kier molecular flexibility index (Phi) is 5.69. The van der Waals surface area contributed by atoms with E-state index in [1.165, 1.54) is 6.33 Å². The molecule has 2 aromatic carbocycles. The van der Waals surface area contributed by atoms with Crippen molar-refractivity contribution in [3.05, 3.63) is 76.2 Å². The van der Waals surface area contributed by atoms with Crippen molar-refractivity contribution in [2.24, 2.45) is 0 Å². The summed E-state index contributed by atoms with van der Waals surface area (Å²) in [6.45, 7) is 0.434. The lowest BCUT2D eigenvalue weighted by atomic mass is 10.1. The van der Waals surface area contributed by atoms with Crippen LogP contribution in [0.4, 0.5) is 5.95 Å². The van der Waals surface area contributed by atoms with E-state index in [0.717, 1.165) is 11.1 Å². The first-order chi connectivity index (χ1) is 14.5. The Morgan fingerprint density at radius 3 is 2.83 bits per heavy atom. The number of aromatic nitrogens is 5. The molecule has 0 aliphatic rings. The van der Waals surface area contributed by atoms with Gasteiger partial charge >= 0.3 is 0 Å². The summed E-state index contributed by atoms with van der Waals surface area (Å²) >= 11 is 12.0. The van der Waals surface area contributed by atoms with E-state index < -0.39 is 5.91 Å². The van der Waals surface area contributed by atoms with Crippen LogP contribution in [0.5, 0.6) is 5.75 Å². The highest BCUT2D eigenvalue weighted by atomic mass is 35.5. The zero-order chi connectivity index (χ0) is 21.1. The van der Waals surface area contributed by atoms with Crippen LogP contribution in [0.3, 0.4) is 0 Å². The van der Waals surface area contributed by atoms with Crippen LogP contribution >= 0.6 is 23.2 Å². The van der Waals surface area contributed by atoms with Gasteiger partial charge in [0.25, 0.3) is 5.91 Å². The van der Waals surface area contributed by atoms with Crippen molar-refractivity contribution in [2.75, 3.05) is 12.4 Å². The third kappa shape index (κ3) is 4.45. The number of hydrogen-bond donors (Lipinski definition) is 2.